The van der Waals surface area contributed by atoms with Gasteiger partial charge in [0.15, 0.2) is 0 Å². The van der Waals surface area contributed by atoms with E-state index in [1.54, 1.807) is 13.8 Å². The number of nitrogens with one attached hydrogen (secondary N) is 2. The molecule has 2 fully saturated rings. The smallest absolute Gasteiger partial charge is 0.334 e. The van der Waals surface area contributed by atoms with E-state index in [1.165, 1.54) is 0 Å². The van der Waals surface area contributed by atoms with Crippen molar-refractivity contribution >= 4 is 29.8 Å². The van der Waals surface area contributed by atoms with Gasteiger partial charge in [-0.25, -0.2) is 14.5 Å². The van der Waals surface area contributed by atoms with Crippen molar-refractivity contribution < 1.29 is 24.0 Å². The SMILES string of the molecule is CC(C)CN1C(=O)C(=O)N(CC(=O)NC(=O)NC2CC2)C1=O. The van der Waals surface area contributed by atoms with Crippen LogP contribution in [0.25, 0.3) is 0 Å². The molecule has 2 rings (SSSR count). The molecule has 0 aromatic carbocycles. The van der Waals surface area contributed by atoms with Crippen LogP contribution in [0, 0.1) is 5.92 Å². The van der Waals surface area contributed by atoms with Gasteiger partial charge in [0.2, 0.25) is 5.91 Å². The largest absolute Gasteiger partial charge is 0.335 e. The molecule has 2 N–H and O–H groups in total. The van der Waals surface area contributed by atoms with Crippen molar-refractivity contribution in [2.45, 2.75) is 32.7 Å². The van der Waals surface area contributed by atoms with Crippen LogP contribution in [0.3, 0.4) is 0 Å². The quantitative estimate of drug-likeness (QED) is 0.520. The number of imide groups is 3. The van der Waals surface area contributed by atoms with Crippen LogP contribution in [0.2, 0.25) is 0 Å². The predicted octanol–water partition coefficient (Wildman–Crippen LogP) is -0.579. The lowest BCUT2D eigenvalue weighted by molar-refractivity contribution is -0.144. The topological polar surface area (TPSA) is 116 Å². The van der Waals surface area contributed by atoms with Gasteiger partial charge in [-0.3, -0.25) is 24.6 Å². The van der Waals surface area contributed by atoms with Gasteiger partial charge in [0.25, 0.3) is 0 Å². The van der Waals surface area contributed by atoms with Gasteiger partial charge in [-0.1, -0.05) is 13.8 Å². The fraction of sp³-hybridized carbons (Fsp3) is 0.615. The summed E-state index contributed by atoms with van der Waals surface area (Å²) in [6.07, 6.45) is 1.73. The number of hydrogen-bond acceptors (Lipinski definition) is 5. The van der Waals surface area contributed by atoms with Crippen molar-refractivity contribution in [2.75, 3.05) is 13.1 Å². The van der Waals surface area contributed by atoms with Gasteiger partial charge in [0.05, 0.1) is 0 Å². The molecule has 1 aliphatic carbocycles. The summed E-state index contributed by atoms with van der Waals surface area (Å²) >= 11 is 0. The Morgan fingerprint density at radius 1 is 1.14 bits per heavy atom. The summed E-state index contributed by atoms with van der Waals surface area (Å²) in [7, 11) is 0. The number of rotatable bonds is 5. The summed E-state index contributed by atoms with van der Waals surface area (Å²) in [6, 6.07) is -1.43. The van der Waals surface area contributed by atoms with Crippen LogP contribution in [0.1, 0.15) is 26.7 Å². The maximum Gasteiger partial charge on any atom is 0.334 e. The van der Waals surface area contributed by atoms with Gasteiger partial charge in [-0.2, -0.15) is 0 Å². The molecule has 120 valence electrons. The Bertz CT molecular complexity index is 541. The van der Waals surface area contributed by atoms with Crippen molar-refractivity contribution in [3.63, 3.8) is 0 Å². The van der Waals surface area contributed by atoms with Gasteiger partial charge >= 0.3 is 23.9 Å². The molecule has 7 amide bonds. The molecule has 1 saturated heterocycles. The third-order valence-electron chi connectivity index (χ3n) is 3.15. The van der Waals surface area contributed by atoms with E-state index in [2.05, 4.69) is 5.32 Å². The molecule has 0 aromatic heterocycles. The second kappa shape index (κ2) is 6.12. The molecule has 0 radical (unpaired) electrons. The van der Waals surface area contributed by atoms with Crippen LogP contribution < -0.4 is 10.6 Å². The average molecular weight is 310 g/mol. The summed E-state index contributed by atoms with van der Waals surface area (Å²) in [6.45, 7) is 3.03. The molecule has 1 heterocycles. The fourth-order valence-electron chi connectivity index (χ4n) is 1.97. The summed E-state index contributed by atoms with van der Waals surface area (Å²) in [5.41, 5.74) is 0. The van der Waals surface area contributed by atoms with Crippen LogP contribution in [0.15, 0.2) is 0 Å². The van der Waals surface area contributed by atoms with Crippen LogP contribution in [-0.2, 0) is 14.4 Å². The van der Waals surface area contributed by atoms with E-state index in [-0.39, 0.29) is 18.5 Å². The Morgan fingerprint density at radius 2 is 1.73 bits per heavy atom. The van der Waals surface area contributed by atoms with E-state index in [1.807, 2.05) is 5.32 Å². The van der Waals surface area contributed by atoms with Gasteiger partial charge < -0.3 is 5.32 Å². The van der Waals surface area contributed by atoms with Crippen molar-refractivity contribution in [3.8, 4) is 0 Å². The maximum absolute atomic E-state index is 12.0. The van der Waals surface area contributed by atoms with E-state index in [0.29, 0.717) is 4.90 Å². The van der Waals surface area contributed by atoms with E-state index >= 15 is 0 Å². The molecule has 0 bridgehead atoms. The number of urea groups is 2. The summed E-state index contributed by atoms with van der Waals surface area (Å²) in [5.74, 6) is -2.82. The first kappa shape index (κ1) is 15.9. The minimum absolute atomic E-state index is 0.00111. The predicted molar refractivity (Wildman–Crippen MR) is 73.4 cm³/mol. The zero-order valence-electron chi connectivity index (χ0n) is 12.4. The molecular formula is C13H18N4O5. The average Bonchev–Trinajstić information content (AvgIpc) is 3.20. The van der Waals surface area contributed by atoms with Crippen LogP contribution in [0.4, 0.5) is 9.59 Å². The first-order chi connectivity index (χ1) is 10.3. The molecule has 2 aliphatic rings. The molecule has 22 heavy (non-hydrogen) atoms. The fourth-order valence-corrected chi connectivity index (χ4v) is 1.97. The lowest BCUT2D eigenvalue weighted by Crippen LogP contribution is -2.47. The summed E-state index contributed by atoms with van der Waals surface area (Å²) < 4.78 is 0. The number of carbonyl (C=O) groups excluding carboxylic acids is 5. The highest BCUT2D eigenvalue weighted by Gasteiger charge is 2.45. The number of hydrogen-bond donors (Lipinski definition) is 2. The molecule has 0 atom stereocenters. The Balaban J connectivity index is 1.92. The Kier molecular flexibility index (Phi) is 4.43. The monoisotopic (exact) mass is 310 g/mol. The van der Waals surface area contributed by atoms with E-state index in [0.717, 1.165) is 17.7 Å². The highest BCUT2D eigenvalue weighted by molar-refractivity contribution is 6.45. The second-order valence-electron chi connectivity index (χ2n) is 5.78. The van der Waals surface area contributed by atoms with Gasteiger partial charge in [-0.15, -0.1) is 0 Å². The molecular weight excluding hydrogens is 292 g/mol. The number of nitrogens with zero attached hydrogens (tertiary/aromatic N) is 2. The highest BCUT2D eigenvalue weighted by atomic mass is 16.2. The minimum Gasteiger partial charge on any atom is -0.335 e. The van der Waals surface area contributed by atoms with Crippen molar-refractivity contribution in [2.24, 2.45) is 5.92 Å². The molecule has 9 heteroatoms. The zero-order valence-corrected chi connectivity index (χ0v) is 12.4. The van der Waals surface area contributed by atoms with Gasteiger partial charge in [-0.05, 0) is 18.8 Å². The summed E-state index contributed by atoms with van der Waals surface area (Å²) in [4.78, 5) is 59.9. The van der Waals surface area contributed by atoms with Crippen molar-refractivity contribution in [1.82, 2.24) is 20.4 Å². The maximum atomic E-state index is 12.0. The normalized spacial score (nSPS) is 18.2. The Morgan fingerprint density at radius 3 is 2.27 bits per heavy atom. The van der Waals surface area contributed by atoms with Crippen molar-refractivity contribution in [1.29, 1.82) is 0 Å². The third kappa shape index (κ3) is 3.60. The molecule has 0 aromatic rings. The molecule has 9 nitrogen and oxygen atoms in total. The Hall–Kier alpha value is -2.45. The van der Waals surface area contributed by atoms with E-state index in [4.69, 9.17) is 0 Å². The van der Waals surface area contributed by atoms with Crippen LogP contribution >= 0.6 is 0 Å². The first-order valence-corrected chi connectivity index (χ1v) is 7.07. The molecule has 1 saturated carbocycles. The number of carbonyl (C=O) groups is 5. The lowest BCUT2D eigenvalue weighted by atomic mass is 10.2. The van der Waals surface area contributed by atoms with Crippen LogP contribution in [-0.4, -0.2) is 58.7 Å². The van der Waals surface area contributed by atoms with E-state index < -0.39 is 36.3 Å². The zero-order chi connectivity index (χ0) is 16.4. The van der Waals surface area contributed by atoms with E-state index in [9.17, 15) is 24.0 Å². The highest BCUT2D eigenvalue weighted by Crippen LogP contribution is 2.18. The lowest BCUT2D eigenvalue weighted by Gasteiger charge is -2.16. The Labute approximate surface area is 127 Å². The van der Waals surface area contributed by atoms with Gasteiger partial charge in [0.1, 0.15) is 6.54 Å². The van der Waals surface area contributed by atoms with Gasteiger partial charge in [0, 0.05) is 12.6 Å². The minimum atomic E-state index is -1.05. The van der Waals surface area contributed by atoms with Crippen molar-refractivity contribution in [3.05, 3.63) is 0 Å². The molecule has 0 spiro atoms. The standard InChI is InChI=1S/C13H18N4O5/c1-7(2)5-16-10(19)11(20)17(13(16)22)6-9(18)15-12(21)14-8-3-4-8/h7-8H,3-6H2,1-2H3,(H2,14,15,18,21). The summed E-state index contributed by atoms with van der Waals surface area (Å²) in [5, 5.41) is 4.56. The third-order valence-corrected chi connectivity index (χ3v) is 3.15. The second-order valence-corrected chi connectivity index (χ2v) is 5.78. The van der Waals surface area contributed by atoms with Crippen LogP contribution in [0.5, 0.6) is 0 Å². The molecule has 0 unspecified atom stereocenters. The molecule has 1 aliphatic heterocycles. The first-order valence-electron chi connectivity index (χ1n) is 7.07. The number of amides is 7.